The lowest BCUT2D eigenvalue weighted by Crippen LogP contribution is -2.19. The van der Waals surface area contributed by atoms with Crippen molar-refractivity contribution in [2.24, 2.45) is 12.8 Å². The molecule has 0 saturated heterocycles. The number of anilines is 1. The van der Waals surface area contributed by atoms with Crippen molar-refractivity contribution in [2.45, 2.75) is 19.5 Å². The second-order valence-corrected chi connectivity index (χ2v) is 4.69. The number of hydrogen-bond donors (Lipinski definition) is 1. The molecule has 0 radical (unpaired) electrons. The van der Waals surface area contributed by atoms with E-state index in [0.717, 1.165) is 17.9 Å². The van der Waals surface area contributed by atoms with Gasteiger partial charge >= 0.3 is 0 Å². The molecule has 1 heterocycles. The van der Waals surface area contributed by atoms with Crippen LogP contribution >= 0.6 is 0 Å². The van der Waals surface area contributed by atoms with Gasteiger partial charge in [0.2, 0.25) is 0 Å². The summed E-state index contributed by atoms with van der Waals surface area (Å²) in [5.74, 6) is 1.05. The van der Waals surface area contributed by atoms with Crippen LogP contribution < -0.4 is 10.6 Å². The summed E-state index contributed by atoms with van der Waals surface area (Å²) in [6.07, 6.45) is 3.78. The second-order valence-electron chi connectivity index (χ2n) is 4.69. The molecule has 4 nitrogen and oxygen atoms in total. The number of nitrogens with zero attached hydrogens (tertiary/aromatic N) is 3. The summed E-state index contributed by atoms with van der Waals surface area (Å²) in [5.41, 5.74) is 8.17. The number of benzene rings is 1. The fourth-order valence-corrected chi connectivity index (χ4v) is 1.88. The highest BCUT2D eigenvalue weighted by Gasteiger charge is 2.06. The molecule has 0 amide bonds. The molecule has 1 aromatic heterocycles. The summed E-state index contributed by atoms with van der Waals surface area (Å²) in [5, 5.41) is 0. The zero-order valence-electron chi connectivity index (χ0n) is 11.2. The fourth-order valence-electron chi connectivity index (χ4n) is 1.88. The summed E-state index contributed by atoms with van der Waals surface area (Å²) in [6.45, 7) is 2.79. The maximum absolute atomic E-state index is 5.84. The number of imidazole rings is 1. The van der Waals surface area contributed by atoms with E-state index in [-0.39, 0.29) is 6.04 Å². The molecule has 2 N–H and O–H groups in total. The molecule has 96 valence electrons. The van der Waals surface area contributed by atoms with Gasteiger partial charge < -0.3 is 15.2 Å². The highest BCUT2D eigenvalue weighted by atomic mass is 15.2. The van der Waals surface area contributed by atoms with E-state index < -0.39 is 0 Å². The van der Waals surface area contributed by atoms with Crippen LogP contribution in [0.2, 0.25) is 0 Å². The quantitative estimate of drug-likeness (QED) is 0.895. The Kier molecular flexibility index (Phi) is 3.67. The van der Waals surface area contributed by atoms with Crippen molar-refractivity contribution in [2.75, 3.05) is 11.9 Å². The Labute approximate surface area is 108 Å². The van der Waals surface area contributed by atoms with Crippen molar-refractivity contribution < 1.29 is 0 Å². The average molecular weight is 244 g/mol. The summed E-state index contributed by atoms with van der Waals surface area (Å²) in [4.78, 5) is 6.50. The zero-order valence-corrected chi connectivity index (χ0v) is 11.2. The van der Waals surface area contributed by atoms with Crippen LogP contribution in [0.4, 0.5) is 5.69 Å². The van der Waals surface area contributed by atoms with Crippen molar-refractivity contribution in [3.63, 3.8) is 0 Å². The minimum absolute atomic E-state index is 0.0823. The Morgan fingerprint density at radius 2 is 2.00 bits per heavy atom. The molecule has 0 bridgehead atoms. The first-order valence-corrected chi connectivity index (χ1v) is 6.11. The number of aromatic nitrogens is 2. The topological polar surface area (TPSA) is 47.1 Å². The summed E-state index contributed by atoms with van der Waals surface area (Å²) < 4.78 is 2.03. The predicted octanol–water partition coefficient (Wildman–Crippen LogP) is 2.08. The van der Waals surface area contributed by atoms with Crippen molar-refractivity contribution in [1.82, 2.24) is 9.55 Å². The molecule has 2 aromatic rings. The van der Waals surface area contributed by atoms with E-state index in [1.165, 1.54) is 5.69 Å². The summed E-state index contributed by atoms with van der Waals surface area (Å²) >= 11 is 0. The number of rotatable bonds is 4. The smallest absolute Gasteiger partial charge is 0.127 e. The van der Waals surface area contributed by atoms with Crippen LogP contribution in [0.25, 0.3) is 0 Å². The monoisotopic (exact) mass is 244 g/mol. The third kappa shape index (κ3) is 2.71. The van der Waals surface area contributed by atoms with Gasteiger partial charge in [0.05, 0.1) is 6.54 Å². The molecule has 0 unspecified atom stereocenters. The number of hydrogen-bond acceptors (Lipinski definition) is 3. The van der Waals surface area contributed by atoms with Gasteiger partial charge in [-0.15, -0.1) is 0 Å². The molecule has 0 saturated carbocycles. The molecule has 4 heteroatoms. The van der Waals surface area contributed by atoms with E-state index in [1.807, 2.05) is 30.9 Å². The molecule has 1 aromatic carbocycles. The van der Waals surface area contributed by atoms with Crippen LogP contribution in [0.1, 0.15) is 24.4 Å². The molecular formula is C14H20N4. The SMILES string of the molecule is C[C@H](N)c1ccc(N(C)Cc2nccn2C)cc1. The number of aryl methyl sites for hydroxylation is 1. The van der Waals surface area contributed by atoms with Crippen LogP contribution in [0.5, 0.6) is 0 Å². The first-order valence-electron chi connectivity index (χ1n) is 6.11. The van der Waals surface area contributed by atoms with E-state index >= 15 is 0 Å². The first kappa shape index (κ1) is 12.6. The molecule has 2 rings (SSSR count). The lowest BCUT2D eigenvalue weighted by molar-refractivity contribution is 0.761. The molecule has 0 aliphatic rings. The Balaban J connectivity index is 2.09. The second kappa shape index (κ2) is 5.23. The van der Waals surface area contributed by atoms with Gasteiger partial charge in [0, 0.05) is 38.2 Å². The Hall–Kier alpha value is -1.81. The standard InChI is InChI=1S/C14H20N4/c1-11(15)12-4-6-13(7-5-12)18(3)10-14-16-8-9-17(14)2/h4-9,11H,10,15H2,1-3H3/t11-/m0/s1. The normalized spacial score (nSPS) is 12.4. The van der Waals surface area contributed by atoms with Crippen molar-refractivity contribution >= 4 is 5.69 Å². The fraction of sp³-hybridized carbons (Fsp3) is 0.357. The van der Waals surface area contributed by atoms with E-state index in [9.17, 15) is 0 Å². The maximum atomic E-state index is 5.84. The largest absolute Gasteiger partial charge is 0.367 e. The Morgan fingerprint density at radius 1 is 1.33 bits per heavy atom. The van der Waals surface area contributed by atoms with Gasteiger partial charge in [-0.1, -0.05) is 12.1 Å². The van der Waals surface area contributed by atoms with Gasteiger partial charge in [0.25, 0.3) is 0 Å². The van der Waals surface area contributed by atoms with Gasteiger partial charge in [0.1, 0.15) is 5.82 Å². The van der Waals surface area contributed by atoms with E-state index in [2.05, 4.69) is 41.2 Å². The van der Waals surface area contributed by atoms with Gasteiger partial charge in [0.15, 0.2) is 0 Å². The van der Waals surface area contributed by atoms with Gasteiger partial charge in [-0.2, -0.15) is 0 Å². The molecule has 0 fully saturated rings. The van der Waals surface area contributed by atoms with Crippen LogP contribution in [-0.2, 0) is 13.6 Å². The molecule has 1 atom stereocenters. The third-order valence-corrected chi connectivity index (χ3v) is 3.16. The first-order chi connectivity index (χ1) is 8.58. The lowest BCUT2D eigenvalue weighted by atomic mass is 10.1. The molecule has 18 heavy (non-hydrogen) atoms. The van der Waals surface area contributed by atoms with Gasteiger partial charge in [-0.25, -0.2) is 4.98 Å². The summed E-state index contributed by atoms with van der Waals surface area (Å²) in [7, 11) is 4.07. The van der Waals surface area contributed by atoms with Crippen molar-refractivity contribution in [1.29, 1.82) is 0 Å². The minimum Gasteiger partial charge on any atom is -0.367 e. The highest BCUT2D eigenvalue weighted by molar-refractivity contribution is 5.47. The van der Waals surface area contributed by atoms with Crippen molar-refractivity contribution in [3.8, 4) is 0 Å². The Morgan fingerprint density at radius 3 is 2.50 bits per heavy atom. The Bertz CT molecular complexity index is 499. The zero-order chi connectivity index (χ0) is 13.1. The third-order valence-electron chi connectivity index (χ3n) is 3.16. The lowest BCUT2D eigenvalue weighted by Gasteiger charge is -2.19. The van der Waals surface area contributed by atoms with Crippen molar-refractivity contribution in [3.05, 3.63) is 48.0 Å². The van der Waals surface area contributed by atoms with Gasteiger partial charge in [-0.3, -0.25) is 0 Å². The van der Waals surface area contributed by atoms with Crippen LogP contribution in [0.3, 0.4) is 0 Å². The molecule has 0 aliphatic carbocycles. The van der Waals surface area contributed by atoms with Crippen LogP contribution in [0.15, 0.2) is 36.7 Å². The highest BCUT2D eigenvalue weighted by Crippen LogP contribution is 2.18. The van der Waals surface area contributed by atoms with E-state index in [1.54, 1.807) is 0 Å². The molecular weight excluding hydrogens is 224 g/mol. The number of nitrogens with two attached hydrogens (primary N) is 1. The molecule has 0 aliphatic heterocycles. The van der Waals surface area contributed by atoms with E-state index in [4.69, 9.17) is 5.73 Å². The summed E-state index contributed by atoms with van der Waals surface area (Å²) in [6, 6.07) is 8.44. The van der Waals surface area contributed by atoms with Gasteiger partial charge in [-0.05, 0) is 24.6 Å². The molecule has 0 spiro atoms. The van der Waals surface area contributed by atoms with Crippen LogP contribution in [-0.4, -0.2) is 16.6 Å². The minimum atomic E-state index is 0.0823. The predicted molar refractivity (Wildman–Crippen MR) is 74.4 cm³/mol. The maximum Gasteiger partial charge on any atom is 0.127 e. The van der Waals surface area contributed by atoms with E-state index in [0.29, 0.717) is 0 Å². The van der Waals surface area contributed by atoms with Crippen LogP contribution in [0, 0.1) is 0 Å². The average Bonchev–Trinajstić information content (AvgIpc) is 2.75.